The van der Waals surface area contributed by atoms with Gasteiger partial charge in [-0.2, -0.15) is 5.10 Å². The van der Waals surface area contributed by atoms with Gasteiger partial charge in [0, 0.05) is 30.5 Å². The van der Waals surface area contributed by atoms with E-state index in [0.29, 0.717) is 21.7 Å². The minimum absolute atomic E-state index is 0.488. The molecule has 0 saturated carbocycles. The fourth-order valence-corrected chi connectivity index (χ4v) is 2.13. The Hall–Kier alpha value is -1.30. The molecular weight excluding hydrogens is 315 g/mol. The van der Waals surface area contributed by atoms with E-state index in [1.165, 1.54) is 0 Å². The van der Waals surface area contributed by atoms with Crippen molar-refractivity contribution in [3.8, 4) is 0 Å². The maximum atomic E-state index is 5.95. The molecule has 1 heterocycles. The number of nitrogens with one attached hydrogen (secondary N) is 2. The van der Waals surface area contributed by atoms with E-state index >= 15 is 0 Å². The van der Waals surface area contributed by atoms with Crippen molar-refractivity contribution in [1.29, 1.82) is 0 Å². The van der Waals surface area contributed by atoms with Crippen LogP contribution in [0.15, 0.2) is 24.4 Å². The second kappa shape index (κ2) is 6.43. The molecule has 1 aromatic heterocycles. The Balaban J connectivity index is 1.92. The first kappa shape index (κ1) is 15.1. The number of halogens is 2. The summed E-state index contributed by atoms with van der Waals surface area (Å²) in [6, 6.07) is 5.27. The first-order chi connectivity index (χ1) is 9.47. The lowest BCUT2D eigenvalue weighted by molar-refractivity contribution is 0.736. The number of hydrogen-bond donors (Lipinski definition) is 2. The number of aryl methyl sites for hydroxylation is 1. The molecule has 0 aliphatic carbocycles. The van der Waals surface area contributed by atoms with Gasteiger partial charge < -0.3 is 10.6 Å². The predicted molar refractivity (Wildman–Crippen MR) is 87.5 cm³/mol. The fraction of sp³-hybridized carbons (Fsp3) is 0.231. The van der Waals surface area contributed by atoms with Gasteiger partial charge in [-0.05, 0) is 37.3 Å². The van der Waals surface area contributed by atoms with E-state index in [2.05, 4.69) is 15.7 Å². The van der Waals surface area contributed by atoms with Crippen LogP contribution in [0.5, 0.6) is 0 Å². The summed E-state index contributed by atoms with van der Waals surface area (Å²) in [6.07, 6.45) is 1.82. The predicted octanol–water partition coefficient (Wildman–Crippen LogP) is 3.52. The maximum absolute atomic E-state index is 5.95. The van der Waals surface area contributed by atoms with Crippen LogP contribution in [0.3, 0.4) is 0 Å². The molecule has 0 fully saturated rings. The number of benzene rings is 1. The Morgan fingerprint density at radius 2 is 2.10 bits per heavy atom. The van der Waals surface area contributed by atoms with Gasteiger partial charge in [-0.3, -0.25) is 4.68 Å². The van der Waals surface area contributed by atoms with Gasteiger partial charge in [0.05, 0.1) is 16.2 Å². The highest BCUT2D eigenvalue weighted by Gasteiger charge is 2.05. The lowest BCUT2D eigenvalue weighted by atomic mass is 10.2. The lowest BCUT2D eigenvalue weighted by Gasteiger charge is -2.11. The van der Waals surface area contributed by atoms with Crippen LogP contribution < -0.4 is 10.6 Å². The van der Waals surface area contributed by atoms with Gasteiger partial charge in [0.25, 0.3) is 0 Å². The van der Waals surface area contributed by atoms with Gasteiger partial charge in [0.2, 0.25) is 0 Å². The summed E-state index contributed by atoms with van der Waals surface area (Å²) in [5.41, 5.74) is 3.00. The van der Waals surface area contributed by atoms with Gasteiger partial charge in [-0.25, -0.2) is 0 Å². The van der Waals surface area contributed by atoms with Crippen LogP contribution in [0.4, 0.5) is 5.69 Å². The Kier molecular flexibility index (Phi) is 4.86. The third kappa shape index (κ3) is 3.62. The maximum Gasteiger partial charge on any atom is 0.171 e. The highest BCUT2D eigenvalue weighted by molar-refractivity contribution is 7.80. The normalized spacial score (nSPS) is 10.4. The highest BCUT2D eigenvalue weighted by atomic mass is 35.5. The van der Waals surface area contributed by atoms with E-state index in [1.807, 2.05) is 30.9 Å². The molecule has 0 aliphatic rings. The third-order valence-electron chi connectivity index (χ3n) is 2.95. The zero-order valence-corrected chi connectivity index (χ0v) is 13.4. The SMILES string of the molecule is Cc1c(CNC(=S)Nc2ccc(Cl)c(Cl)c2)cnn1C. The Morgan fingerprint density at radius 1 is 1.35 bits per heavy atom. The minimum atomic E-state index is 0.488. The molecule has 1 aromatic carbocycles. The monoisotopic (exact) mass is 328 g/mol. The average molecular weight is 329 g/mol. The van der Waals surface area contributed by atoms with E-state index in [9.17, 15) is 0 Å². The Bertz CT molecular complexity index is 639. The molecule has 106 valence electrons. The molecule has 2 rings (SSSR count). The van der Waals surface area contributed by atoms with Gasteiger partial charge in [-0.1, -0.05) is 23.2 Å². The van der Waals surface area contributed by atoms with Crippen molar-refractivity contribution in [2.45, 2.75) is 13.5 Å². The van der Waals surface area contributed by atoms with Gasteiger partial charge >= 0.3 is 0 Å². The zero-order valence-electron chi connectivity index (χ0n) is 11.1. The molecule has 2 aromatic rings. The number of aromatic nitrogens is 2. The molecule has 0 amide bonds. The van der Waals surface area contributed by atoms with E-state index in [1.54, 1.807) is 12.1 Å². The number of anilines is 1. The van der Waals surface area contributed by atoms with Crippen LogP contribution in [0.25, 0.3) is 0 Å². The summed E-state index contributed by atoms with van der Waals surface area (Å²) < 4.78 is 1.83. The molecule has 0 unspecified atom stereocenters. The Morgan fingerprint density at radius 3 is 2.70 bits per heavy atom. The average Bonchev–Trinajstić information content (AvgIpc) is 2.72. The van der Waals surface area contributed by atoms with Crippen molar-refractivity contribution < 1.29 is 0 Å². The summed E-state index contributed by atoms with van der Waals surface area (Å²) in [5, 5.41) is 11.9. The third-order valence-corrected chi connectivity index (χ3v) is 3.94. The number of rotatable bonds is 3. The summed E-state index contributed by atoms with van der Waals surface area (Å²) in [4.78, 5) is 0. The molecule has 20 heavy (non-hydrogen) atoms. The van der Waals surface area contributed by atoms with E-state index < -0.39 is 0 Å². The molecular formula is C13H14Cl2N4S. The van der Waals surface area contributed by atoms with Crippen molar-refractivity contribution in [2.24, 2.45) is 7.05 Å². The molecule has 0 bridgehead atoms. The molecule has 0 radical (unpaired) electrons. The fourth-order valence-electron chi connectivity index (χ4n) is 1.64. The summed E-state index contributed by atoms with van der Waals surface area (Å²) >= 11 is 17.0. The lowest BCUT2D eigenvalue weighted by Crippen LogP contribution is -2.28. The van der Waals surface area contributed by atoms with Crippen LogP contribution in [-0.4, -0.2) is 14.9 Å². The first-order valence-corrected chi connectivity index (χ1v) is 7.11. The topological polar surface area (TPSA) is 41.9 Å². The molecule has 0 atom stereocenters. The molecule has 4 nitrogen and oxygen atoms in total. The largest absolute Gasteiger partial charge is 0.358 e. The molecule has 0 spiro atoms. The van der Waals surface area contributed by atoms with Crippen LogP contribution in [0.2, 0.25) is 10.0 Å². The quantitative estimate of drug-likeness (QED) is 0.846. The first-order valence-electron chi connectivity index (χ1n) is 5.94. The standard InChI is InChI=1S/C13H14Cl2N4S/c1-8-9(7-17-19(8)2)6-16-13(20)18-10-3-4-11(14)12(15)5-10/h3-5,7H,6H2,1-2H3,(H2,16,18,20). The van der Waals surface area contributed by atoms with Crippen LogP contribution in [0, 0.1) is 6.92 Å². The van der Waals surface area contributed by atoms with Crippen molar-refractivity contribution in [3.63, 3.8) is 0 Å². The Labute approximate surface area is 133 Å². The van der Waals surface area contributed by atoms with E-state index in [-0.39, 0.29) is 0 Å². The van der Waals surface area contributed by atoms with E-state index in [0.717, 1.165) is 16.9 Å². The summed E-state index contributed by atoms with van der Waals surface area (Å²) in [6.45, 7) is 2.63. The zero-order chi connectivity index (χ0) is 14.7. The van der Waals surface area contributed by atoms with Crippen LogP contribution in [-0.2, 0) is 13.6 Å². The molecule has 0 aliphatic heterocycles. The smallest absolute Gasteiger partial charge is 0.171 e. The second-order valence-electron chi connectivity index (χ2n) is 4.32. The van der Waals surface area contributed by atoms with Gasteiger partial charge in [-0.15, -0.1) is 0 Å². The highest BCUT2D eigenvalue weighted by Crippen LogP contribution is 2.24. The second-order valence-corrected chi connectivity index (χ2v) is 5.54. The molecule has 0 saturated heterocycles. The number of thiocarbonyl (C=S) groups is 1. The molecule has 2 N–H and O–H groups in total. The minimum Gasteiger partial charge on any atom is -0.358 e. The number of nitrogens with zero attached hydrogens (tertiary/aromatic N) is 2. The van der Waals surface area contributed by atoms with Crippen LogP contribution in [0.1, 0.15) is 11.3 Å². The van der Waals surface area contributed by atoms with Gasteiger partial charge in [0.1, 0.15) is 0 Å². The van der Waals surface area contributed by atoms with Crippen molar-refractivity contribution in [1.82, 2.24) is 15.1 Å². The van der Waals surface area contributed by atoms with Crippen molar-refractivity contribution >= 4 is 46.2 Å². The summed E-state index contributed by atoms with van der Waals surface area (Å²) in [7, 11) is 1.91. The van der Waals surface area contributed by atoms with Crippen molar-refractivity contribution in [3.05, 3.63) is 45.7 Å². The van der Waals surface area contributed by atoms with Crippen LogP contribution >= 0.6 is 35.4 Å². The number of hydrogen-bond acceptors (Lipinski definition) is 2. The van der Waals surface area contributed by atoms with Crippen molar-refractivity contribution in [2.75, 3.05) is 5.32 Å². The molecule has 7 heteroatoms. The van der Waals surface area contributed by atoms with E-state index in [4.69, 9.17) is 35.4 Å². The van der Waals surface area contributed by atoms with Gasteiger partial charge in [0.15, 0.2) is 5.11 Å². The summed E-state index contributed by atoms with van der Waals surface area (Å²) in [5.74, 6) is 0.